The summed E-state index contributed by atoms with van der Waals surface area (Å²) < 4.78 is 0. The number of rotatable bonds is 4. The maximum atomic E-state index is 12.4. The van der Waals surface area contributed by atoms with Crippen LogP contribution in [0.4, 0.5) is 5.69 Å². The predicted octanol–water partition coefficient (Wildman–Crippen LogP) is 3.09. The fraction of sp³-hybridized carbons (Fsp3) is 0.533. The third-order valence-corrected chi connectivity index (χ3v) is 4.16. The molecule has 1 saturated carbocycles. The number of amides is 1. The van der Waals surface area contributed by atoms with Crippen LogP contribution in [0.3, 0.4) is 0 Å². The van der Waals surface area contributed by atoms with E-state index < -0.39 is 0 Å². The second-order valence-corrected chi connectivity index (χ2v) is 5.11. The number of aliphatic hydroxyl groups is 1. The summed E-state index contributed by atoms with van der Waals surface area (Å²) in [4.78, 5) is 12.4. The van der Waals surface area contributed by atoms with E-state index in [9.17, 15) is 9.90 Å². The summed E-state index contributed by atoms with van der Waals surface area (Å²) in [6, 6.07) is 7.43. The monoisotopic (exact) mass is 247 g/mol. The Bertz CT molecular complexity index is 422. The first-order valence-electron chi connectivity index (χ1n) is 6.72. The minimum Gasteiger partial charge on any atom is -0.392 e. The smallest absolute Gasteiger partial charge is 0.230 e. The van der Waals surface area contributed by atoms with Crippen LogP contribution in [-0.2, 0) is 11.4 Å². The van der Waals surface area contributed by atoms with E-state index in [1.54, 1.807) is 0 Å². The maximum Gasteiger partial charge on any atom is 0.230 e. The van der Waals surface area contributed by atoms with Gasteiger partial charge in [-0.3, -0.25) is 4.79 Å². The van der Waals surface area contributed by atoms with E-state index in [4.69, 9.17) is 0 Å². The molecule has 0 aromatic heterocycles. The van der Waals surface area contributed by atoms with Crippen LogP contribution in [0.25, 0.3) is 0 Å². The van der Waals surface area contributed by atoms with Crippen molar-refractivity contribution in [1.29, 1.82) is 0 Å². The zero-order valence-electron chi connectivity index (χ0n) is 10.9. The van der Waals surface area contributed by atoms with E-state index in [0.717, 1.165) is 43.4 Å². The third kappa shape index (κ3) is 2.41. The largest absolute Gasteiger partial charge is 0.392 e. The Morgan fingerprint density at radius 3 is 2.61 bits per heavy atom. The number of nitrogens with one attached hydrogen (secondary N) is 1. The minimum atomic E-state index is -0.192. The second kappa shape index (κ2) is 5.53. The van der Waals surface area contributed by atoms with Crippen molar-refractivity contribution in [3.8, 4) is 0 Å². The molecule has 0 radical (unpaired) electrons. The number of hydrogen-bond donors (Lipinski definition) is 2. The van der Waals surface area contributed by atoms with Gasteiger partial charge in [0.25, 0.3) is 0 Å². The van der Waals surface area contributed by atoms with Crippen molar-refractivity contribution in [2.75, 3.05) is 5.32 Å². The van der Waals surface area contributed by atoms with Crippen molar-refractivity contribution in [3.63, 3.8) is 0 Å². The van der Waals surface area contributed by atoms with Crippen molar-refractivity contribution in [2.45, 2.75) is 45.6 Å². The molecule has 0 aliphatic heterocycles. The highest BCUT2D eigenvalue weighted by Crippen LogP contribution is 2.41. The zero-order chi connectivity index (χ0) is 13.0. The second-order valence-electron chi connectivity index (χ2n) is 5.11. The summed E-state index contributed by atoms with van der Waals surface area (Å²) in [5, 5.41) is 12.3. The number of benzene rings is 1. The zero-order valence-corrected chi connectivity index (χ0v) is 10.9. The highest BCUT2D eigenvalue weighted by atomic mass is 16.3. The minimum absolute atomic E-state index is 0.0461. The first kappa shape index (κ1) is 13.1. The molecule has 18 heavy (non-hydrogen) atoms. The van der Waals surface area contributed by atoms with Crippen LogP contribution in [0.2, 0.25) is 0 Å². The van der Waals surface area contributed by atoms with Crippen LogP contribution < -0.4 is 5.32 Å². The van der Waals surface area contributed by atoms with E-state index in [0.29, 0.717) is 0 Å². The standard InChI is InChI=1S/C15H21NO2/c1-2-15(9-5-6-10-15)14(18)16-13-8-4-3-7-12(13)11-17/h3-4,7-8,17H,2,5-6,9-11H2,1H3,(H,16,18). The lowest BCUT2D eigenvalue weighted by molar-refractivity contribution is -0.125. The lowest BCUT2D eigenvalue weighted by Gasteiger charge is -2.26. The van der Waals surface area contributed by atoms with Gasteiger partial charge in [-0.2, -0.15) is 0 Å². The van der Waals surface area contributed by atoms with Crippen molar-refractivity contribution >= 4 is 11.6 Å². The molecule has 2 rings (SSSR count). The molecule has 2 N–H and O–H groups in total. The van der Waals surface area contributed by atoms with Gasteiger partial charge in [0.05, 0.1) is 6.61 Å². The average Bonchev–Trinajstić information content (AvgIpc) is 2.89. The molecule has 1 aromatic rings. The Morgan fingerprint density at radius 2 is 2.00 bits per heavy atom. The molecule has 0 unspecified atom stereocenters. The molecular formula is C15H21NO2. The molecule has 1 aliphatic carbocycles. The summed E-state index contributed by atoms with van der Waals surface area (Å²) in [7, 11) is 0. The quantitative estimate of drug-likeness (QED) is 0.859. The third-order valence-electron chi connectivity index (χ3n) is 4.16. The SMILES string of the molecule is CCC1(C(=O)Nc2ccccc2CO)CCCC1. The Balaban J connectivity index is 2.15. The topological polar surface area (TPSA) is 49.3 Å². The summed E-state index contributed by atoms with van der Waals surface area (Å²) in [6.07, 6.45) is 5.14. The highest BCUT2D eigenvalue weighted by molar-refractivity contribution is 5.96. The van der Waals surface area contributed by atoms with Gasteiger partial charge >= 0.3 is 0 Å². The number of para-hydroxylation sites is 1. The molecule has 0 saturated heterocycles. The van der Waals surface area contributed by atoms with Gasteiger partial charge in [-0.05, 0) is 25.3 Å². The van der Waals surface area contributed by atoms with Crippen molar-refractivity contribution in [2.24, 2.45) is 5.41 Å². The summed E-state index contributed by atoms with van der Waals surface area (Å²) in [6.45, 7) is 2.04. The van der Waals surface area contributed by atoms with Crippen LogP contribution in [0.1, 0.15) is 44.6 Å². The molecular weight excluding hydrogens is 226 g/mol. The number of carbonyl (C=O) groups is 1. The van der Waals surface area contributed by atoms with E-state index in [1.807, 2.05) is 24.3 Å². The molecule has 98 valence electrons. The summed E-state index contributed by atoms with van der Waals surface area (Å²) in [5.74, 6) is 0.114. The van der Waals surface area contributed by atoms with Gasteiger partial charge in [0.15, 0.2) is 0 Å². The highest BCUT2D eigenvalue weighted by Gasteiger charge is 2.39. The molecule has 3 nitrogen and oxygen atoms in total. The fourth-order valence-electron chi connectivity index (χ4n) is 2.83. The van der Waals surface area contributed by atoms with Crippen molar-refractivity contribution in [3.05, 3.63) is 29.8 Å². The first-order chi connectivity index (χ1) is 8.72. The van der Waals surface area contributed by atoms with Crippen molar-refractivity contribution in [1.82, 2.24) is 0 Å². The molecule has 3 heteroatoms. The number of carbonyl (C=O) groups excluding carboxylic acids is 1. The van der Waals surface area contributed by atoms with Gasteiger partial charge in [-0.1, -0.05) is 38.0 Å². The van der Waals surface area contributed by atoms with E-state index >= 15 is 0 Å². The normalized spacial score (nSPS) is 17.7. The number of anilines is 1. The van der Waals surface area contributed by atoms with Crippen LogP contribution in [0, 0.1) is 5.41 Å². The number of aliphatic hydroxyl groups excluding tert-OH is 1. The molecule has 0 bridgehead atoms. The maximum absolute atomic E-state index is 12.4. The average molecular weight is 247 g/mol. The predicted molar refractivity (Wildman–Crippen MR) is 72.2 cm³/mol. The van der Waals surface area contributed by atoms with Gasteiger partial charge in [0.1, 0.15) is 0 Å². The Kier molecular flexibility index (Phi) is 4.02. The summed E-state index contributed by atoms with van der Waals surface area (Å²) in [5.41, 5.74) is 1.32. The molecule has 0 heterocycles. The first-order valence-corrected chi connectivity index (χ1v) is 6.72. The number of hydrogen-bond acceptors (Lipinski definition) is 2. The van der Waals surface area contributed by atoms with Gasteiger partial charge in [0, 0.05) is 16.7 Å². The fourth-order valence-corrected chi connectivity index (χ4v) is 2.83. The van der Waals surface area contributed by atoms with Crippen LogP contribution >= 0.6 is 0 Å². The molecule has 1 amide bonds. The molecule has 0 spiro atoms. The van der Waals surface area contributed by atoms with Crippen LogP contribution in [0.15, 0.2) is 24.3 Å². The molecule has 1 aromatic carbocycles. The lowest BCUT2D eigenvalue weighted by Crippen LogP contribution is -2.33. The van der Waals surface area contributed by atoms with E-state index in [2.05, 4.69) is 12.2 Å². The van der Waals surface area contributed by atoms with Crippen LogP contribution in [-0.4, -0.2) is 11.0 Å². The summed E-state index contributed by atoms with van der Waals surface area (Å²) >= 11 is 0. The molecule has 0 atom stereocenters. The lowest BCUT2D eigenvalue weighted by atomic mass is 9.82. The van der Waals surface area contributed by atoms with E-state index in [1.165, 1.54) is 0 Å². The molecule has 1 fully saturated rings. The Morgan fingerprint density at radius 1 is 1.33 bits per heavy atom. The van der Waals surface area contributed by atoms with Crippen LogP contribution in [0.5, 0.6) is 0 Å². The van der Waals surface area contributed by atoms with Crippen molar-refractivity contribution < 1.29 is 9.90 Å². The Labute approximate surface area is 108 Å². The van der Waals surface area contributed by atoms with E-state index in [-0.39, 0.29) is 17.9 Å². The van der Waals surface area contributed by atoms with Gasteiger partial charge in [-0.15, -0.1) is 0 Å². The van der Waals surface area contributed by atoms with Gasteiger partial charge in [0.2, 0.25) is 5.91 Å². The Hall–Kier alpha value is -1.35. The molecule has 1 aliphatic rings. The van der Waals surface area contributed by atoms with Gasteiger partial charge in [-0.25, -0.2) is 0 Å². The van der Waals surface area contributed by atoms with Gasteiger partial charge < -0.3 is 10.4 Å².